The highest BCUT2D eigenvalue weighted by Gasteiger charge is 2.22. The third-order valence-electron chi connectivity index (χ3n) is 3.84. The van der Waals surface area contributed by atoms with E-state index in [1.54, 1.807) is 23.9 Å². The zero-order valence-electron chi connectivity index (χ0n) is 14.1. The van der Waals surface area contributed by atoms with Crippen LogP contribution in [0.25, 0.3) is 0 Å². The molecule has 1 atom stereocenters. The minimum atomic E-state index is -0.616. The molecule has 0 spiro atoms. The van der Waals surface area contributed by atoms with Crippen LogP contribution in [-0.4, -0.2) is 29.9 Å². The number of furan rings is 1. The molecule has 128 valence electrons. The van der Waals surface area contributed by atoms with Crippen LogP contribution in [-0.2, 0) is 4.79 Å². The number of carbonyl (C=O) groups is 2. The molecule has 0 aliphatic carbocycles. The van der Waals surface area contributed by atoms with Crippen molar-refractivity contribution in [2.45, 2.75) is 26.3 Å². The molecule has 0 aliphatic rings. The number of nitrogens with one attached hydrogen (secondary N) is 2. The number of thioether (sulfide) groups is 1. The monoisotopic (exact) mass is 346 g/mol. The van der Waals surface area contributed by atoms with Gasteiger partial charge in [0, 0.05) is 5.69 Å². The Kier molecular flexibility index (Phi) is 6.49. The molecule has 24 heavy (non-hydrogen) atoms. The third kappa shape index (κ3) is 4.64. The molecule has 1 unspecified atom stereocenters. The van der Waals surface area contributed by atoms with Crippen molar-refractivity contribution in [3.8, 4) is 0 Å². The predicted octanol–water partition coefficient (Wildman–Crippen LogP) is 3.39. The Bertz CT molecular complexity index is 698. The SMILES string of the molecule is CSCCC(NC(=O)c1ccco1)C(=O)Nc1cccc(C)c1C. The number of hydrogen-bond acceptors (Lipinski definition) is 4. The molecule has 6 heteroatoms. The fourth-order valence-corrected chi connectivity index (χ4v) is 2.72. The summed E-state index contributed by atoms with van der Waals surface area (Å²) in [7, 11) is 0. The van der Waals surface area contributed by atoms with Gasteiger partial charge >= 0.3 is 0 Å². The summed E-state index contributed by atoms with van der Waals surface area (Å²) in [5.74, 6) is 0.354. The molecule has 2 aromatic rings. The smallest absolute Gasteiger partial charge is 0.287 e. The number of hydrogen-bond donors (Lipinski definition) is 2. The van der Waals surface area contributed by atoms with E-state index in [0.717, 1.165) is 22.6 Å². The lowest BCUT2D eigenvalue weighted by molar-refractivity contribution is -0.118. The van der Waals surface area contributed by atoms with Gasteiger partial charge in [-0.25, -0.2) is 0 Å². The Morgan fingerprint density at radius 1 is 1.21 bits per heavy atom. The molecule has 2 rings (SSSR count). The van der Waals surface area contributed by atoms with Crippen molar-refractivity contribution >= 4 is 29.3 Å². The van der Waals surface area contributed by atoms with E-state index in [0.29, 0.717) is 6.42 Å². The first-order chi connectivity index (χ1) is 11.5. The predicted molar refractivity (Wildman–Crippen MR) is 97.5 cm³/mol. The van der Waals surface area contributed by atoms with Gasteiger partial charge in [0.25, 0.3) is 5.91 Å². The standard InChI is InChI=1S/C18H22N2O3S/c1-12-6-4-7-14(13(12)2)19-17(21)15(9-11-24-3)20-18(22)16-8-5-10-23-16/h4-8,10,15H,9,11H2,1-3H3,(H,19,21)(H,20,22). The number of amides is 2. The lowest BCUT2D eigenvalue weighted by Crippen LogP contribution is -2.44. The number of carbonyl (C=O) groups excluding carboxylic acids is 2. The molecule has 1 heterocycles. The van der Waals surface area contributed by atoms with Crippen molar-refractivity contribution in [2.24, 2.45) is 0 Å². The molecule has 5 nitrogen and oxygen atoms in total. The van der Waals surface area contributed by atoms with Crippen molar-refractivity contribution in [3.63, 3.8) is 0 Å². The van der Waals surface area contributed by atoms with Crippen LogP contribution in [0.2, 0.25) is 0 Å². The van der Waals surface area contributed by atoms with Gasteiger partial charge in [0.05, 0.1) is 6.26 Å². The lowest BCUT2D eigenvalue weighted by atomic mass is 10.1. The Morgan fingerprint density at radius 3 is 2.67 bits per heavy atom. The van der Waals surface area contributed by atoms with Gasteiger partial charge in [0.15, 0.2) is 5.76 Å². The molecular weight excluding hydrogens is 324 g/mol. The van der Waals surface area contributed by atoms with Gasteiger partial charge in [0.2, 0.25) is 5.91 Å². The molecule has 0 aliphatic heterocycles. The van der Waals surface area contributed by atoms with Gasteiger partial charge in [-0.1, -0.05) is 12.1 Å². The van der Waals surface area contributed by atoms with Gasteiger partial charge in [-0.05, 0) is 61.6 Å². The van der Waals surface area contributed by atoms with Gasteiger partial charge in [-0.3, -0.25) is 9.59 Å². The second kappa shape index (κ2) is 8.59. The maximum atomic E-state index is 12.6. The van der Waals surface area contributed by atoms with Gasteiger partial charge < -0.3 is 15.1 Å². The summed E-state index contributed by atoms with van der Waals surface area (Å²) in [4.78, 5) is 24.8. The van der Waals surface area contributed by atoms with Crippen LogP contribution in [0.3, 0.4) is 0 Å². The van der Waals surface area contributed by atoms with Crippen LogP contribution in [0.1, 0.15) is 28.1 Å². The summed E-state index contributed by atoms with van der Waals surface area (Å²) in [6.07, 6.45) is 3.94. The first kappa shape index (κ1) is 18.1. The maximum absolute atomic E-state index is 12.6. The van der Waals surface area contributed by atoms with E-state index in [2.05, 4.69) is 10.6 Å². The number of anilines is 1. The fraction of sp³-hybridized carbons (Fsp3) is 0.333. The molecular formula is C18H22N2O3S. The van der Waals surface area contributed by atoms with Gasteiger partial charge in [-0.2, -0.15) is 11.8 Å². The van der Waals surface area contributed by atoms with E-state index in [-0.39, 0.29) is 17.6 Å². The minimum Gasteiger partial charge on any atom is -0.459 e. The zero-order chi connectivity index (χ0) is 17.5. The van der Waals surface area contributed by atoms with E-state index in [1.165, 1.54) is 6.26 Å². The minimum absolute atomic E-state index is 0.198. The largest absolute Gasteiger partial charge is 0.459 e. The van der Waals surface area contributed by atoms with Gasteiger partial charge in [0.1, 0.15) is 6.04 Å². The van der Waals surface area contributed by atoms with Crippen LogP contribution >= 0.6 is 11.8 Å². The quantitative estimate of drug-likeness (QED) is 0.806. The van der Waals surface area contributed by atoms with E-state index in [9.17, 15) is 9.59 Å². The van der Waals surface area contributed by atoms with Crippen LogP contribution in [0.5, 0.6) is 0 Å². The Morgan fingerprint density at radius 2 is 2.00 bits per heavy atom. The summed E-state index contributed by atoms with van der Waals surface area (Å²) in [5.41, 5.74) is 2.89. The van der Waals surface area contributed by atoms with E-state index in [4.69, 9.17) is 4.42 Å². The van der Waals surface area contributed by atoms with Crippen LogP contribution in [0.4, 0.5) is 5.69 Å². The number of aryl methyl sites for hydroxylation is 1. The number of rotatable bonds is 7. The highest BCUT2D eigenvalue weighted by Crippen LogP contribution is 2.18. The maximum Gasteiger partial charge on any atom is 0.287 e. The molecule has 0 fully saturated rings. The van der Waals surface area contributed by atoms with Crippen LogP contribution in [0.15, 0.2) is 41.0 Å². The van der Waals surface area contributed by atoms with Crippen molar-refractivity contribution in [2.75, 3.05) is 17.3 Å². The summed E-state index contributed by atoms with van der Waals surface area (Å²) in [5, 5.41) is 5.67. The second-order valence-electron chi connectivity index (χ2n) is 5.52. The number of benzene rings is 1. The average molecular weight is 346 g/mol. The Labute approximate surface area is 146 Å². The highest BCUT2D eigenvalue weighted by molar-refractivity contribution is 7.98. The lowest BCUT2D eigenvalue weighted by Gasteiger charge is -2.19. The molecule has 0 radical (unpaired) electrons. The molecule has 2 N–H and O–H groups in total. The van der Waals surface area contributed by atoms with Crippen molar-refractivity contribution in [1.29, 1.82) is 0 Å². The van der Waals surface area contributed by atoms with E-state index >= 15 is 0 Å². The highest BCUT2D eigenvalue weighted by atomic mass is 32.2. The molecule has 0 saturated carbocycles. The summed E-state index contributed by atoms with van der Waals surface area (Å²) < 4.78 is 5.08. The zero-order valence-corrected chi connectivity index (χ0v) is 14.9. The van der Waals surface area contributed by atoms with E-state index < -0.39 is 6.04 Å². The Hall–Kier alpha value is -2.21. The van der Waals surface area contributed by atoms with Gasteiger partial charge in [-0.15, -0.1) is 0 Å². The summed E-state index contributed by atoms with van der Waals surface area (Å²) in [6.45, 7) is 3.96. The molecule has 1 aromatic carbocycles. The second-order valence-corrected chi connectivity index (χ2v) is 6.51. The third-order valence-corrected chi connectivity index (χ3v) is 4.48. The first-order valence-corrected chi connectivity index (χ1v) is 9.12. The molecule has 0 saturated heterocycles. The van der Waals surface area contributed by atoms with Crippen molar-refractivity contribution < 1.29 is 14.0 Å². The summed E-state index contributed by atoms with van der Waals surface area (Å²) >= 11 is 1.63. The van der Waals surface area contributed by atoms with Crippen molar-refractivity contribution in [1.82, 2.24) is 5.32 Å². The van der Waals surface area contributed by atoms with Crippen molar-refractivity contribution in [3.05, 3.63) is 53.5 Å². The summed E-state index contributed by atoms with van der Waals surface area (Å²) in [6, 6.07) is 8.35. The first-order valence-electron chi connectivity index (χ1n) is 7.73. The average Bonchev–Trinajstić information content (AvgIpc) is 3.10. The molecule has 1 aromatic heterocycles. The molecule has 0 bridgehead atoms. The van der Waals surface area contributed by atoms with E-state index in [1.807, 2.05) is 38.3 Å². The van der Waals surface area contributed by atoms with Crippen LogP contribution in [0, 0.1) is 13.8 Å². The van der Waals surface area contributed by atoms with Crippen LogP contribution < -0.4 is 10.6 Å². The topological polar surface area (TPSA) is 71.3 Å². The normalized spacial score (nSPS) is 11.8. The fourth-order valence-electron chi connectivity index (χ4n) is 2.25. The Balaban J connectivity index is 2.09. The molecule has 2 amide bonds.